The van der Waals surface area contributed by atoms with Crippen LogP contribution < -0.4 is 9.47 Å². The minimum absolute atomic E-state index is 0.303. The molecule has 0 N–H and O–H groups in total. The first-order valence-corrected chi connectivity index (χ1v) is 7.71. The number of hydrogen-bond donors (Lipinski definition) is 0. The van der Waals surface area contributed by atoms with E-state index in [4.69, 9.17) is 9.47 Å². The molecule has 0 saturated carbocycles. The van der Waals surface area contributed by atoms with Crippen LogP contribution >= 0.6 is 0 Å². The van der Waals surface area contributed by atoms with Gasteiger partial charge in [0, 0.05) is 0 Å². The summed E-state index contributed by atoms with van der Waals surface area (Å²) >= 11 is 0. The molecule has 0 radical (unpaired) electrons. The number of ether oxygens (including phenoxy) is 2. The van der Waals surface area contributed by atoms with Gasteiger partial charge in [-0.1, -0.05) is 54.6 Å². The molecule has 1 heterocycles. The van der Waals surface area contributed by atoms with E-state index in [1.165, 1.54) is 27.1 Å². The normalized spacial score (nSPS) is 12.9. The number of hydrogen-bond acceptors (Lipinski definition) is 2. The molecule has 1 aliphatic heterocycles. The molecule has 0 saturated heterocycles. The first-order valence-electron chi connectivity index (χ1n) is 7.71. The van der Waals surface area contributed by atoms with E-state index in [9.17, 15) is 0 Å². The van der Waals surface area contributed by atoms with E-state index >= 15 is 0 Å². The first-order chi connectivity index (χ1) is 11.4. The third-order valence-corrected chi connectivity index (χ3v) is 4.45. The Hall–Kier alpha value is -3.00. The first kappa shape index (κ1) is 12.5. The number of fused-ring (bicyclic) bond motifs is 4. The summed E-state index contributed by atoms with van der Waals surface area (Å²) in [5.74, 6) is 1.64. The molecule has 0 unspecified atom stereocenters. The largest absolute Gasteiger partial charge is 0.454 e. The van der Waals surface area contributed by atoms with Gasteiger partial charge in [0.25, 0.3) is 0 Å². The lowest BCUT2D eigenvalue weighted by molar-refractivity contribution is 0.174. The monoisotopic (exact) mass is 298 g/mol. The lowest BCUT2D eigenvalue weighted by Gasteiger charge is -2.11. The molecule has 1 aliphatic rings. The van der Waals surface area contributed by atoms with Crippen LogP contribution in [0.15, 0.2) is 72.8 Å². The van der Waals surface area contributed by atoms with Crippen LogP contribution in [0.3, 0.4) is 0 Å². The van der Waals surface area contributed by atoms with Crippen molar-refractivity contribution in [2.45, 2.75) is 0 Å². The van der Waals surface area contributed by atoms with Crippen molar-refractivity contribution in [2.24, 2.45) is 0 Å². The maximum atomic E-state index is 5.54. The number of benzene rings is 4. The average Bonchev–Trinajstić information content (AvgIpc) is 3.09. The minimum atomic E-state index is 0.303. The molecule has 0 amide bonds. The third-order valence-electron chi connectivity index (χ3n) is 4.45. The molecule has 110 valence electrons. The summed E-state index contributed by atoms with van der Waals surface area (Å²) in [4.78, 5) is 0. The number of rotatable bonds is 1. The molecular formula is C21H14O2. The van der Waals surface area contributed by atoms with Crippen molar-refractivity contribution in [1.29, 1.82) is 0 Å². The van der Waals surface area contributed by atoms with Crippen LogP contribution in [0.1, 0.15) is 0 Å². The van der Waals surface area contributed by atoms with E-state index in [2.05, 4.69) is 66.7 Å². The van der Waals surface area contributed by atoms with Crippen molar-refractivity contribution in [3.63, 3.8) is 0 Å². The SMILES string of the molecule is c1ccc2c(c1)cc(-c1ccc3c(c1)OCO3)c1ccccc12. The molecule has 0 bridgehead atoms. The van der Waals surface area contributed by atoms with Gasteiger partial charge in [-0.3, -0.25) is 0 Å². The summed E-state index contributed by atoms with van der Waals surface area (Å²) < 4.78 is 11.0. The zero-order valence-corrected chi connectivity index (χ0v) is 12.5. The van der Waals surface area contributed by atoms with E-state index in [0.717, 1.165) is 17.1 Å². The van der Waals surface area contributed by atoms with Gasteiger partial charge in [0.1, 0.15) is 0 Å². The minimum Gasteiger partial charge on any atom is -0.454 e. The molecule has 4 aromatic rings. The lowest BCUT2D eigenvalue weighted by atomic mass is 9.93. The highest BCUT2D eigenvalue weighted by atomic mass is 16.7. The van der Waals surface area contributed by atoms with Crippen LogP contribution in [0.4, 0.5) is 0 Å². The van der Waals surface area contributed by atoms with Crippen LogP contribution in [0, 0.1) is 0 Å². The van der Waals surface area contributed by atoms with E-state index in [0.29, 0.717) is 6.79 Å². The summed E-state index contributed by atoms with van der Waals surface area (Å²) in [6.45, 7) is 0.303. The summed E-state index contributed by atoms with van der Waals surface area (Å²) in [5, 5.41) is 5.06. The molecule has 0 aliphatic carbocycles. The summed E-state index contributed by atoms with van der Waals surface area (Å²) in [6, 6.07) is 25.5. The Morgan fingerprint density at radius 3 is 2.26 bits per heavy atom. The molecule has 2 heteroatoms. The maximum absolute atomic E-state index is 5.54. The second kappa shape index (κ2) is 4.75. The Morgan fingerprint density at radius 1 is 0.609 bits per heavy atom. The van der Waals surface area contributed by atoms with Crippen LogP contribution in [0.2, 0.25) is 0 Å². The van der Waals surface area contributed by atoms with Crippen molar-refractivity contribution >= 4 is 21.5 Å². The molecular weight excluding hydrogens is 284 g/mol. The Morgan fingerprint density at radius 2 is 1.35 bits per heavy atom. The van der Waals surface area contributed by atoms with E-state index in [1.54, 1.807) is 0 Å². The highest BCUT2D eigenvalue weighted by molar-refractivity contribution is 6.13. The van der Waals surface area contributed by atoms with Gasteiger partial charge in [-0.2, -0.15) is 0 Å². The van der Waals surface area contributed by atoms with Gasteiger partial charge >= 0.3 is 0 Å². The van der Waals surface area contributed by atoms with Crippen molar-refractivity contribution in [3.05, 3.63) is 72.8 Å². The fourth-order valence-electron chi connectivity index (χ4n) is 3.36. The van der Waals surface area contributed by atoms with Crippen molar-refractivity contribution in [2.75, 3.05) is 6.79 Å². The standard InChI is InChI=1S/C21H14O2/c1-2-6-16-14(5-1)11-19(18-8-4-3-7-17(16)18)15-9-10-20-21(12-15)23-13-22-20/h1-12H,13H2. The van der Waals surface area contributed by atoms with Gasteiger partial charge in [-0.15, -0.1) is 0 Å². The van der Waals surface area contributed by atoms with Crippen molar-refractivity contribution < 1.29 is 9.47 Å². The zero-order valence-electron chi connectivity index (χ0n) is 12.5. The van der Waals surface area contributed by atoms with Crippen LogP contribution in [0.25, 0.3) is 32.7 Å². The molecule has 2 nitrogen and oxygen atoms in total. The van der Waals surface area contributed by atoms with Crippen molar-refractivity contribution in [3.8, 4) is 22.6 Å². The molecule has 5 rings (SSSR count). The van der Waals surface area contributed by atoms with E-state index < -0.39 is 0 Å². The van der Waals surface area contributed by atoms with Crippen LogP contribution in [-0.2, 0) is 0 Å². The smallest absolute Gasteiger partial charge is 0.231 e. The molecule has 0 aromatic heterocycles. The Balaban J connectivity index is 1.86. The van der Waals surface area contributed by atoms with Gasteiger partial charge in [0.2, 0.25) is 6.79 Å². The molecule has 23 heavy (non-hydrogen) atoms. The summed E-state index contributed by atoms with van der Waals surface area (Å²) in [6.07, 6.45) is 0. The van der Waals surface area contributed by atoms with Gasteiger partial charge in [-0.05, 0) is 50.9 Å². The van der Waals surface area contributed by atoms with Gasteiger partial charge in [0.05, 0.1) is 0 Å². The van der Waals surface area contributed by atoms with Crippen molar-refractivity contribution in [1.82, 2.24) is 0 Å². The zero-order chi connectivity index (χ0) is 15.2. The van der Waals surface area contributed by atoms with Crippen LogP contribution in [0.5, 0.6) is 11.5 Å². The molecule has 0 fully saturated rings. The summed E-state index contributed by atoms with van der Waals surface area (Å²) in [7, 11) is 0. The Kier molecular flexibility index (Phi) is 2.59. The molecule has 0 atom stereocenters. The lowest BCUT2D eigenvalue weighted by Crippen LogP contribution is -1.92. The van der Waals surface area contributed by atoms with E-state index in [-0.39, 0.29) is 0 Å². The van der Waals surface area contributed by atoms with E-state index in [1.807, 2.05) is 6.07 Å². The Labute approximate surface area is 133 Å². The second-order valence-corrected chi connectivity index (χ2v) is 5.76. The van der Waals surface area contributed by atoms with Gasteiger partial charge in [-0.25, -0.2) is 0 Å². The average molecular weight is 298 g/mol. The quantitative estimate of drug-likeness (QED) is 0.439. The van der Waals surface area contributed by atoms with Crippen LogP contribution in [-0.4, -0.2) is 6.79 Å². The fourth-order valence-corrected chi connectivity index (χ4v) is 3.36. The highest BCUT2D eigenvalue weighted by Crippen LogP contribution is 2.39. The topological polar surface area (TPSA) is 18.5 Å². The highest BCUT2D eigenvalue weighted by Gasteiger charge is 2.15. The summed E-state index contributed by atoms with van der Waals surface area (Å²) in [5.41, 5.74) is 2.37. The predicted octanol–water partition coefficient (Wildman–Crippen LogP) is 5.39. The Bertz CT molecular complexity index is 1050. The fraction of sp³-hybridized carbons (Fsp3) is 0.0476. The third kappa shape index (κ3) is 1.88. The second-order valence-electron chi connectivity index (χ2n) is 5.76. The predicted molar refractivity (Wildman–Crippen MR) is 93.0 cm³/mol. The van der Waals surface area contributed by atoms with Gasteiger partial charge < -0.3 is 9.47 Å². The molecule has 4 aromatic carbocycles. The van der Waals surface area contributed by atoms with Gasteiger partial charge in [0.15, 0.2) is 11.5 Å². The molecule has 0 spiro atoms. The maximum Gasteiger partial charge on any atom is 0.231 e.